The summed E-state index contributed by atoms with van der Waals surface area (Å²) in [6, 6.07) is 0. The lowest BCUT2D eigenvalue weighted by atomic mass is 9.96. The van der Waals surface area contributed by atoms with E-state index in [1.807, 2.05) is 0 Å². The van der Waals surface area contributed by atoms with E-state index >= 15 is 0 Å². The summed E-state index contributed by atoms with van der Waals surface area (Å²) in [5, 5.41) is 0. The average Bonchev–Trinajstić information content (AvgIpc) is 3.33. The molecule has 0 fully saturated rings. The number of hydrogen-bond donors (Lipinski definition) is 0. The van der Waals surface area contributed by atoms with Crippen molar-refractivity contribution in [3.8, 4) is 0 Å². The molecule has 0 aromatic carbocycles. The van der Waals surface area contributed by atoms with Gasteiger partial charge in [-0.3, -0.25) is 28.0 Å². The van der Waals surface area contributed by atoms with Crippen molar-refractivity contribution in [2.24, 2.45) is 17.8 Å². The Hall–Kier alpha value is -1.48. The van der Waals surface area contributed by atoms with Crippen molar-refractivity contribution >= 4 is 25.7 Å². The number of ether oxygens (including phenoxy) is 3. The van der Waals surface area contributed by atoms with Crippen LogP contribution < -0.4 is 0 Å². The van der Waals surface area contributed by atoms with Gasteiger partial charge in [0.2, 0.25) is 0 Å². The molecule has 0 aliphatic rings. The van der Waals surface area contributed by atoms with Crippen molar-refractivity contribution in [1.29, 1.82) is 0 Å². The van der Waals surface area contributed by atoms with E-state index in [0.29, 0.717) is 0 Å². The van der Waals surface area contributed by atoms with Gasteiger partial charge in [-0.2, -0.15) is 0 Å². The van der Waals surface area contributed by atoms with Crippen LogP contribution in [0.3, 0.4) is 0 Å². The normalized spacial score (nSPS) is 13.8. The molecule has 0 saturated carbocycles. The molecular formula is C57H111O10P. The lowest BCUT2D eigenvalue weighted by Crippen LogP contribution is -2.22. The lowest BCUT2D eigenvalue weighted by molar-refractivity contribution is -0.150. The third kappa shape index (κ3) is 41.2. The number of carbonyl (C=O) groups excluding carboxylic acids is 3. The van der Waals surface area contributed by atoms with Crippen LogP contribution in [0.1, 0.15) is 292 Å². The SMILES string of the molecule is CCCCCCCCCCCCC(CCC)C(=O)OCCOP(=O)(OCCOC(=O)C(CCC)CCCCCCCCCCCC)OCCOC(=O)C(CCC)CCCCCCCCCCCC. The van der Waals surface area contributed by atoms with Gasteiger partial charge >= 0.3 is 25.7 Å². The maximum atomic E-state index is 13.9. The van der Waals surface area contributed by atoms with Gasteiger partial charge in [-0.05, 0) is 38.5 Å². The van der Waals surface area contributed by atoms with E-state index in [2.05, 4.69) is 41.5 Å². The molecule has 0 N–H and O–H groups in total. The largest absolute Gasteiger partial charge is 0.475 e. The van der Waals surface area contributed by atoms with Crippen molar-refractivity contribution in [3.63, 3.8) is 0 Å². The van der Waals surface area contributed by atoms with E-state index in [0.717, 1.165) is 96.3 Å². The van der Waals surface area contributed by atoms with Gasteiger partial charge in [-0.25, -0.2) is 4.57 Å². The third-order valence-electron chi connectivity index (χ3n) is 13.4. The van der Waals surface area contributed by atoms with Crippen LogP contribution in [0.2, 0.25) is 0 Å². The van der Waals surface area contributed by atoms with E-state index < -0.39 is 7.82 Å². The van der Waals surface area contributed by atoms with Crippen LogP contribution in [0.15, 0.2) is 0 Å². The topological polar surface area (TPSA) is 124 Å². The van der Waals surface area contributed by atoms with Gasteiger partial charge in [0.25, 0.3) is 0 Å². The molecule has 11 heteroatoms. The van der Waals surface area contributed by atoms with Crippen molar-refractivity contribution in [2.45, 2.75) is 292 Å². The Kier molecular flexibility index (Phi) is 49.4. The monoisotopic (exact) mass is 987 g/mol. The molecule has 10 nitrogen and oxygen atoms in total. The summed E-state index contributed by atoms with van der Waals surface area (Å²) in [5.41, 5.74) is 0. The van der Waals surface area contributed by atoms with Crippen molar-refractivity contribution in [3.05, 3.63) is 0 Å². The molecule has 68 heavy (non-hydrogen) atoms. The fourth-order valence-corrected chi connectivity index (χ4v) is 10.3. The van der Waals surface area contributed by atoms with E-state index in [1.165, 1.54) is 154 Å². The predicted molar refractivity (Wildman–Crippen MR) is 283 cm³/mol. The first-order valence-electron chi connectivity index (χ1n) is 29.2. The molecule has 0 aliphatic carbocycles. The fraction of sp³-hybridized carbons (Fsp3) is 0.947. The van der Waals surface area contributed by atoms with Crippen molar-refractivity contribution in [1.82, 2.24) is 0 Å². The smallest absolute Gasteiger partial charge is 0.463 e. The van der Waals surface area contributed by atoms with Gasteiger partial charge in [-0.15, -0.1) is 0 Å². The summed E-state index contributed by atoms with van der Waals surface area (Å²) < 4.78 is 47.8. The first-order chi connectivity index (χ1) is 33.2. The summed E-state index contributed by atoms with van der Waals surface area (Å²) in [6.45, 7) is 12.1. The maximum Gasteiger partial charge on any atom is 0.475 e. The van der Waals surface area contributed by atoms with Crippen LogP contribution in [0.5, 0.6) is 0 Å². The molecule has 0 bridgehead atoms. The van der Waals surface area contributed by atoms with Gasteiger partial charge in [0, 0.05) is 0 Å². The number of esters is 3. The lowest BCUT2D eigenvalue weighted by Gasteiger charge is -2.20. The second-order valence-corrected chi connectivity index (χ2v) is 21.5. The number of phosphoric ester groups is 1. The average molecular weight is 987 g/mol. The summed E-state index contributed by atoms with van der Waals surface area (Å²) in [4.78, 5) is 39.4. The number of rotatable bonds is 54. The molecule has 0 aliphatic heterocycles. The highest BCUT2D eigenvalue weighted by Gasteiger charge is 2.29. The minimum absolute atomic E-state index is 0.104. The van der Waals surface area contributed by atoms with Gasteiger partial charge < -0.3 is 14.2 Å². The Morgan fingerprint density at radius 3 is 0.691 bits per heavy atom. The van der Waals surface area contributed by atoms with E-state index in [1.54, 1.807) is 0 Å². The van der Waals surface area contributed by atoms with Crippen LogP contribution in [0.25, 0.3) is 0 Å². The maximum absolute atomic E-state index is 13.9. The molecule has 3 unspecified atom stereocenters. The molecule has 0 saturated heterocycles. The summed E-state index contributed by atoms with van der Waals surface area (Å²) in [6.07, 6.45) is 44.6. The van der Waals surface area contributed by atoms with Crippen LogP contribution in [0.4, 0.5) is 0 Å². The van der Waals surface area contributed by atoms with Crippen LogP contribution in [0, 0.1) is 17.8 Å². The molecule has 0 aromatic heterocycles. The minimum atomic E-state index is -4.20. The van der Waals surface area contributed by atoms with Crippen LogP contribution in [-0.2, 0) is 46.7 Å². The van der Waals surface area contributed by atoms with E-state index in [4.69, 9.17) is 27.8 Å². The number of phosphoric acid groups is 1. The Morgan fingerprint density at radius 2 is 0.485 bits per heavy atom. The standard InChI is InChI=1S/C57H111O10P/c1-7-13-16-19-22-25-28-31-34-37-43-52(40-10-4)55(58)62-46-49-65-68(61,66-50-47-63-56(59)53(41-11-5)44-38-35-32-29-26-23-20-17-14-8-2)67-51-48-64-57(60)54(42-12-6)45-39-36-33-30-27-24-21-18-15-9-3/h52-54H,7-51H2,1-6H3. The van der Waals surface area contributed by atoms with E-state index in [9.17, 15) is 18.9 Å². The predicted octanol–water partition coefficient (Wildman–Crippen LogP) is 18.0. The Labute approximate surface area is 420 Å². The van der Waals surface area contributed by atoms with Crippen LogP contribution >= 0.6 is 7.82 Å². The second-order valence-electron chi connectivity index (χ2n) is 19.8. The molecule has 3 atom stereocenters. The third-order valence-corrected chi connectivity index (χ3v) is 14.9. The van der Waals surface area contributed by atoms with Crippen molar-refractivity contribution in [2.75, 3.05) is 39.6 Å². The quantitative estimate of drug-likeness (QED) is 0.0252. The Bertz CT molecular complexity index is 1030. The summed E-state index contributed by atoms with van der Waals surface area (Å²) >= 11 is 0. The first kappa shape index (κ1) is 66.5. The molecule has 0 amide bonds. The zero-order chi connectivity index (χ0) is 50.0. The molecule has 0 aromatic rings. The zero-order valence-electron chi connectivity index (χ0n) is 45.6. The highest BCUT2D eigenvalue weighted by Crippen LogP contribution is 2.49. The summed E-state index contributed by atoms with van der Waals surface area (Å²) in [5.74, 6) is -1.33. The Morgan fingerprint density at radius 1 is 0.279 bits per heavy atom. The van der Waals surface area contributed by atoms with Crippen LogP contribution in [-0.4, -0.2) is 57.5 Å². The van der Waals surface area contributed by atoms with Gasteiger partial charge in [0.15, 0.2) is 0 Å². The number of unbranched alkanes of at least 4 members (excludes halogenated alkanes) is 27. The fourth-order valence-electron chi connectivity index (χ4n) is 9.16. The highest BCUT2D eigenvalue weighted by atomic mass is 31.2. The molecular weight excluding hydrogens is 876 g/mol. The number of carbonyl (C=O) groups is 3. The molecule has 404 valence electrons. The first-order valence-corrected chi connectivity index (χ1v) is 30.7. The van der Waals surface area contributed by atoms with Gasteiger partial charge in [-0.1, -0.05) is 253 Å². The van der Waals surface area contributed by atoms with Crippen molar-refractivity contribution < 1.29 is 46.7 Å². The molecule has 0 radical (unpaired) electrons. The molecule has 0 heterocycles. The molecule has 0 spiro atoms. The van der Waals surface area contributed by atoms with Gasteiger partial charge in [0.1, 0.15) is 19.8 Å². The molecule has 0 rings (SSSR count). The second kappa shape index (κ2) is 50.5. The number of hydrogen-bond acceptors (Lipinski definition) is 10. The van der Waals surface area contributed by atoms with Gasteiger partial charge in [0.05, 0.1) is 37.6 Å². The minimum Gasteiger partial charge on any atom is -0.463 e. The summed E-state index contributed by atoms with van der Waals surface area (Å²) in [7, 11) is -4.20. The zero-order valence-corrected chi connectivity index (χ0v) is 46.5. The highest BCUT2D eigenvalue weighted by molar-refractivity contribution is 7.48. The van der Waals surface area contributed by atoms with E-state index in [-0.39, 0.29) is 75.3 Å². The Balaban J connectivity index is 5.14.